The Labute approximate surface area is 263 Å². The topological polar surface area (TPSA) is 177 Å². The van der Waals surface area contributed by atoms with Crippen molar-refractivity contribution in [3.05, 3.63) is 57.6 Å². The molecule has 6 N–H and O–H groups in total. The molecule has 6 unspecified atom stereocenters. The maximum absolute atomic E-state index is 13.5. The van der Waals surface area contributed by atoms with Crippen LogP contribution in [0.4, 0.5) is 0 Å². The van der Waals surface area contributed by atoms with E-state index < -0.39 is 65.1 Å². The summed E-state index contributed by atoms with van der Waals surface area (Å²) in [5.74, 6) is -2.82. The van der Waals surface area contributed by atoms with Crippen molar-refractivity contribution < 1.29 is 44.3 Å². The predicted molar refractivity (Wildman–Crippen MR) is 163 cm³/mol. The molecule has 1 fully saturated rings. The molecule has 0 aromatic heterocycles. The largest absolute Gasteiger partial charge is 0.507 e. The SMILES string of the molecule is CCCCCCCCC(=O)C1(O)Cc2c(O)c3c(c(O)c2C(OC2CC(N)C(O)C(C)O2)C1)C(=O)c1ccccc1C3=O.Cl. The first-order chi connectivity index (χ1) is 20.5. The highest BCUT2D eigenvalue weighted by molar-refractivity contribution is 6.30. The highest BCUT2D eigenvalue weighted by Gasteiger charge is 2.49. The molecule has 2 aliphatic carbocycles. The van der Waals surface area contributed by atoms with E-state index in [9.17, 15) is 34.8 Å². The average molecular weight is 632 g/mol. The van der Waals surface area contributed by atoms with Crippen molar-refractivity contribution in [1.82, 2.24) is 0 Å². The number of benzene rings is 2. The van der Waals surface area contributed by atoms with E-state index in [0.29, 0.717) is 6.42 Å². The van der Waals surface area contributed by atoms with Crippen LogP contribution in [0, 0.1) is 0 Å². The minimum Gasteiger partial charge on any atom is -0.507 e. The zero-order chi connectivity index (χ0) is 31.1. The summed E-state index contributed by atoms with van der Waals surface area (Å²) in [5, 5.41) is 45.1. The fraction of sp³-hybridized carbons (Fsp3) is 0.545. The number of Topliss-reactive ketones (excluding diaryl/α,β-unsaturated/α-hetero) is 1. The smallest absolute Gasteiger partial charge is 0.198 e. The lowest BCUT2D eigenvalue weighted by atomic mass is 9.71. The van der Waals surface area contributed by atoms with Crippen molar-refractivity contribution in [2.24, 2.45) is 5.73 Å². The maximum Gasteiger partial charge on any atom is 0.198 e. The van der Waals surface area contributed by atoms with Gasteiger partial charge in [-0.15, -0.1) is 12.4 Å². The summed E-state index contributed by atoms with van der Waals surface area (Å²) in [4.78, 5) is 40.6. The second-order valence-electron chi connectivity index (χ2n) is 12.2. The van der Waals surface area contributed by atoms with Crippen molar-refractivity contribution in [2.45, 2.75) is 114 Å². The molecule has 0 bridgehead atoms. The molecule has 44 heavy (non-hydrogen) atoms. The van der Waals surface area contributed by atoms with Gasteiger partial charge in [-0.25, -0.2) is 0 Å². The summed E-state index contributed by atoms with van der Waals surface area (Å²) >= 11 is 0. The van der Waals surface area contributed by atoms with Gasteiger partial charge in [-0.3, -0.25) is 14.4 Å². The van der Waals surface area contributed by atoms with E-state index in [1.165, 1.54) is 12.1 Å². The van der Waals surface area contributed by atoms with E-state index in [2.05, 4.69) is 6.92 Å². The summed E-state index contributed by atoms with van der Waals surface area (Å²) in [7, 11) is 0. The van der Waals surface area contributed by atoms with Gasteiger partial charge in [0.2, 0.25) is 0 Å². The third-order valence-electron chi connectivity index (χ3n) is 9.12. The number of nitrogens with two attached hydrogens (primary N) is 1. The lowest BCUT2D eigenvalue weighted by Crippen LogP contribution is -2.52. The number of hydrogen-bond acceptors (Lipinski definition) is 10. The third kappa shape index (κ3) is 6.16. The lowest BCUT2D eigenvalue weighted by molar-refractivity contribution is -0.247. The van der Waals surface area contributed by atoms with Crippen LogP contribution >= 0.6 is 12.4 Å². The summed E-state index contributed by atoms with van der Waals surface area (Å²) < 4.78 is 12.0. The molecule has 0 amide bonds. The van der Waals surface area contributed by atoms with Crippen LogP contribution in [0.5, 0.6) is 11.5 Å². The van der Waals surface area contributed by atoms with Gasteiger partial charge in [-0.1, -0.05) is 63.3 Å². The van der Waals surface area contributed by atoms with Gasteiger partial charge >= 0.3 is 0 Å². The number of rotatable bonds is 10. The van der Waals surface area contributed by atoms with E-state index in [4.69, 9.17) is 15.2 Å². The number of unbranched alkanes of at least 4 members (excludes halogenated alkanes) is 5. The first kappa shape index (κ1) is 34.0. The Hall–Kier alpha value is -2.86. The molecule has 2 aromatic rings. The Kier molecular flexibility index (Phi) is 10.5. The molecule has 1 aliphatic heterocycles. The zero-order valence-corrected chi connectivity index (χ0v) is 25.9. The number of aliphatic hydroxyl groups excluding tert-OH is 1. The molecule has 11 heteroatoms. The van der Waals surface area contributed by atoms with Gasteiger partial charge < -0.3 is 35.6 Å². The monoisotopic (exact) mass is 631 g/mol. The Morgan fingerprint density at radius 3 is 2.23 bits per heavy atom. The molecule has 1 saturated heterocycles. The second-order valence-corrected chi connectivity index (χ2v) is 12.2. The standard InChI is InChI=1S/C33H41NO9.ClH/c1-3-4-5-6-7-8-13-23(35)33(41)15-20-25(22(16-33)43-24-14-21(34)28(36)17(2)42-24)32(40)27-26(31(20)39)29(37)18-11-9-10-12-19(18)30(27)38;/h9-12,17,21-22,24,28,36,39-41H,3-8,13-16,34H2,1-2H3;1H. The Balaban J connectivity index is 0.00000442. The number of hydrogen-bond donors (Lipinski definition) is 5. The molecular weight excluding hydrogens is 590 g/mol. The molecule has 6 atom stereocenters. The number of phenols is 2. The summed E-state index contributed by atoms with van der Waals surface area (Å²) in [6, 6.07) is 5.48. The van der Waals surface area contributed by atoms with Gasteiger partial charge in [-0.05, 0) is 13.3 Å². The Morgan fingerprint density at radius 2 is 1.61 bits per heavy atom. The molecule has 0 radical (unpaired) electrons. The van der Waals surface area contributed by atoms with E-state index >= 15 is 0 Å². The van der Waals surface area contributed by atoms with Crippen LogP contribution in [0.25, 0.3) is 0 Å². The average Bonchev–Trinajstić information content (AvgIpc) is 2.97. The minimum absolute atomic E-state index is 0. The number of carbonyl (C=O) groups excluding carboxylic acids is 3. The van der Waals surface area contributed by atoms with Gasteiger partial charge in [-0.2, -0.15) is 0 Å². The number of carbonyl (C=O) groups is 3. The Bertz CT molecular complexity index is 1420. The van der Waals surface area contributed by atoms with Crippen LogP contribution in [-0.2, 0) is 20.7 Å². The van der Waals surface area contributed by atoms with Crippen LogP contribution in [-0.4, -0.2) is 67.9 Å². The number of halogens is 1. The van der Waals surface area contributed by atoms with Crippen LogP contribution < -0.4 is 5.73 Å². The Morgan fingerprint density at radius 1 is 1.02 bits per heavy atom. The number of ketones is 3. The molecule has 1 heterocycles. The highest BCUT2D eigenvalue weighted by atomic mass is 35.5. The predicted octanol–water partition coefficient (Wildman–Crippen LogP) is 4.17. The minimum atomic E-state index is -1.97. The van der Waals surface area contributed by atoms with E-state index in [1.54, 1.807) is 19.1 Å². The first-order valence-corrected chi connectivity index (χ1v) is 15.3. The van der Waals surface area contributed by atoms with Gasteiger partial charge in [0, 0.05) is 54.0 Å². The van der Waals surface area contributed by atoms with Crippen molar-refractivity contribution in [1.29, 1.82) is 0 Å². The normalized spacial score (nSPS) is 27.6. The van der Waals surface area contributed by atoms with Crippen molar-refractivity contribution in [3.63, 3.8) is 0 Å². The molecule has 3 aliphatic rings. The van der Waals surface area contributed by atoms with Crippen molar-refractivity contribution >= 4 is 29.8 Å². The van der Waals surface area contributed by atoms with Crippen molar-refractivity contribution in [3.8, 4) is 11.5 Å². The second kappa shape index (κ2) is 13.6. The maximum atomic E-state index is 13.5. The number of aliphatic hydroxyl groups is 2. The summed E-state index contributed by atoms with van der Waals surface area (Å²) in [6.45, 7) is 3.76. The fourth-order valence-electron chi connectivity index (χ4n) is 6.67. The third-order valence-corrected chi connectivity index (χ3v) is 9.12. The first-order valence-electron chi connectivity index (χ1n) is 15.3. The van der Waals surface area contributed by atoms with Crippen LogP contribution in [0.3, 0.4) is 0 Å². The van der Waals surface area contributed by atoms with E-state index in [1.807, 2.05) is 0 Å². The van der Waals surface area contributed by atoms with Gasteiger partial charge in [0.1, 0.15) is 17.1 Å². The van der Waals surface area contributed by atoms with Crippen LogP contribution in [0.15, 0.2) is 24.3 Å². The molecule has 0 saturated carbocycles. The molecule has 240 valence electrons. The van der Waals surface area contributed by atoms with Gasteiger partial charge in [0.05, 0.1) is 29.4 Å². The van der Waals surface area contributed by atoms with E-state index in [-0.39, 0.29) is 71.5 Å². The summed E-state index contributed by atoms with van der Waals surface area (Å²) in [5.41, 5.74) is 3.59. The quantitative estimate of drug-likeness (QED) is 0.161. The fourth-order valence-corrected chi connectivity index (χ4v) is 6.67. The molecule has 2 aromatic carbocycles. The molecular formula is C33H42ClNO9. The number of ether oxygens (including phenoxy) is 2. The van der Waals surface area contributed by atoms with Gasteiger partial charge in [0.25, 0.3) is 0 Å². The van der Waals surface area contributed by atoms with Crippen molar-refractivity contribution in [2.75, 3.05) is 0 Å². The number of phenolic OH excluding ortho intramolecular Hbond substituents is 2. The van der Waals surface area contributed by atoms with E-state index in [0.717, 1.165) is 32.1 Å². The summed E-state index contributed by atoms with van der Waals surface area (Å²) in [6.07, 6.45) is 1.49. The number of aromatic hydroxyl groups is 2. The molecule has 0 spiro atoms. The molecule has 10 nitrogen and oxygen atoms in total. The van der Waals surface area contributed by atoms with Crippen LogP contribution in [0.1, 0.15) is 121 Å². The zero-order valence-electron chi connectivity index (χ0n) is 25.1. The lowest BCUT2D eigenvalue weighted by Gasteiger charge is -2.42. The van der Waals surface area contributed by atoms with Gasteiger partial charge in [0.15, 0.2) is 23.6 Å². The highest BCUT2D eigenvalue weighted by Crippen LogP contribution is 2.52. The molecule has 5 rings (SSSR count). The number of fused-ring (bicyclic) bond motifs is 3. The van der Waals surface area contributed by atoms with Crippen LogP contribution in [0.2, 0.25) is 0 Å².